The second kappa shape index (κ2) is 8.98. The Bertz CT molecular complexity index is 1110. The van der Waals surface area contributed by atoms with Crippen molar-refractivity contribution < 1.29 is 13.9 Å². The molecule has 0 bridgehead atoms. The van der Waals surface area contributed by atoms with Crippen LogP contribution in [0.25, 0.3) is 11.1 Å². The Morgan fingerprint density at radius 3 is 2.50 bits per heavy atom. The molecule has 4 nitrogen and oxygen atoms in total. The fourth-order valence-electron chi connectivity index (χ4n) is 3.54. The third-order valence-electron chi connectivity index (χ3n) is 4.91. The molecule has 0 spiro atoms. The Morgan fingerprint density at radius 1 is 1.13 bits per heavy atom. The van der Waals surface area contributed by atoms with E-state index in [1.54, 1.807) is 0 Å². The number of nitrogens with zero attached hydrogens (tertiary/aromatic N) is 1. The number of alkyl carbamates (subject to hydrolysis) is 1. The van der Waals surface area contributed by atoms with Crippen molar-refractivity contribution >= 4 is 17.7 Å². The number of hydrogen-bond acceptors (Lipinski definition) is 3. The topological polar surface area (TPSA) is 51.2 Å². The lowest BCUT2D eigenvalue weighted by Crippen LogP contribution is -2.26. The van der Waals surface area contributed by atoms with E-state index in [9.17, 15) is 9.18 Å². The SMILES string of the molecule is O=C(NCCC#Cc1cc(Cl)ncc1F)OCC1c2ccccc2-c2ccccc21. The van der Waals surface area contributed by atoms with E-state index in [4.69, 9.17) is 16.3 Å². The zero-order valence-corrected chi connectivity index (χ0v) is 16.7. The van der Waals surface area contributed by atoms with Gasteiger partial charge in [0.15, 0.2) is 5.82 Å². The lowest BCUT2D eigenvalue weighted by molar-refractivity contribution is 0.143. The summed E-state index contributed by atoms with van der Waals surface area (Å²) in [7, 11) is 0. The lowest BCUT2D eigenvalue weighted by Gasteiger charge is -2.14. The van der Waals surface area contributed by atoms with Gasteiger partial charge in [0.25, 0.3) is 0 Å². The van der Waals surface area contributed by atoms with Crippen molar-refractivity contribution in [3.05, 3.63) is 88.5 Å². The van der Waals surface area contributed by atoms with E-state index < -0.39 is 11.9 Å². The Kier molecular flexibility index (Phi) is 5.97. The van der Waals surface area contributed by atoms with Crippen LogP contribution in [0.15, 0.2) is 60.8 Å². The smallest absolute Gasteiger partial charge is 0.407 e. The summed E-state index contributed by atoms with van der Waals surface area (Å²) in [6.07, 6.45) is 0.877. The standard InChI is InChI=1S/C24H18ClFN2O2/c25-23-13-16(22(26)14-28-23)7-5-6-12-27-24(29)30-15-21-19-10-3-1-8-17(19)18-9-2-4-11-20(18)21/h1-4,8-11,13-14,21H,6,12,15H2,(H,27,29). The number of carbonyl (C=O) groups excluding carboxylic acids is 1. The molecule has 30 heavy (non-hydrogen) atoms. The molecule has 0 fully saturated rings. The number of aromatic nitrogens is 1. The molecule has 0 radical (unpaired) electrons. The average molecular weight is 421 g/mol. The Hall–Kier alpha value is -3.36. The molecule has 0 atom stereocenters. The largest absolute Gasteiger partial charge is 0.449 e. The second-order valence-corrected chi connectivity index (χ2v) is 7.18. The molecule has 1 heterocycles. The molecule has 0 unspecified atom stereocenters. The van der Waals surface area contributed by atoms with Gasteiger partial charge in [-0.1, -0.05) is 72.0 Å². The van der Waals surface area contributed by atoms with Gasteiger partial charge in [0.1, 0.15) is 11.8 Å². The zero-order valence-electron chi connectivity index (χ0n) is 16.0. The first-order valence-corrected chi connectivity index (χ1v) is 9.90. The molecule has 6 heteroatoms. The molecule has 0 saturated heterocycles. The second-order valence-electron chi connectivity index (χ2n) is 6.79. The quantitative estimate of drug-likeness (QED) is 0.360. The molecule has 150 valence electrons. The minimum Gasteiger partial charge on any atom is -0.449 e. The van der Waals surface area contributed by atoms with Gasteiger partial charge < -0.3 is 10.1 Å². The summed E-state index contributed by atoms with van der Waals surface area (Å²) in [5, 5.41) is 2.85. The summed E-state index contributed by atoms with van der Waals surface area (Å²) >= 11 is 5.73. The first-order valence-electron chi connectivity index (χ1n) is 9.52. The number of carbonyl (C=O) groups is 1. The normalized spacial score (nSPS) is 11.8. The molecule has 1 aromatic heterocycles. The molecule has 1 aliphatic rings. The molecule has 2 aromatic carbocycles. The van der Waals surface area contributed by atoms with Crippen molar-refractivity contribution in [2.75, 3.05) is 13.2 Å². The minimum atomic E-state index is -0.531. The molecule has 0 saturated carbocycles. The van der Waals surface area contributed by atoms with Crippen LogP contribution < -0.4 is 5.32 Å². The van der Waals surface area contributed by atoms with Crippen LogP contribution in [0.2, 0.25) is 5.15 Å². The fraction of sp³-hybridized carbons (Fsp3) is 0.167. The number of fused-ring (bicyclic) bond motifs is 3. The van der Waals surface area contributed by atoms with Gasteiger partial charge in [0.2, 0.25) is 0 Å². The van der Waals surface area contributed by atoms with E-state index in [0.29, 0.717) is 13.0 Å². The third kappa shape index (κ3) is 4.29. The van der Waals surface area contributed by atoms with Crippen molar-refractivity contribution in [1.29, 1.82) is 0 Å². The number of rotatable bonds is 4. The molecule has 0 aliphatic heterocycles. The van der Waals surface area contributed by atoms with Gasteiger partial charge >= 0.3 is 6.09 Å². The Morgan fingerprint density at radius 2 is 1.80 bits per heavy atom. The molecule has 3 aromatic rings. The van der Waals surface area contributed by atoms with Gasteiger partial charge in [0, 0.05) is 18.9 Å². The van der Waals surface area contributed by atoms with Crippen LogP contribution in [0.4, 0.5) is 9.18 Å². The zero-order chi connectivity index (χ0) is 20.9. The molecule has 1 N–H and O–H groups in total. The van der Waals surface area contributed by atoms with Crippen LogP contribution >= 0.6 is 11.6 Å². The summed E-state index contributed by atoms with van der Waals surface area (Å²) in [5.74, 6) is 4.97. The summed E-state index contributed by atoms with van der Waals surface area (Å²) in [6, 6.07) is 17.7. The van der Waals surface area contributed by atoms with E-state index in [0.717, 1.165) is 17.3 Å². The maximum Gasteiger partial charge on any atom is 0.407 e. The predicted molar refractivity (Wildman–Crippen MR) is 114 cm³/mol. The average Bonchev–Trinajstić information content (AvgIpc) is 3.08. The summed E-state index contributed by atoms with van der Waals surface area (Å²) < 4.78 is 19.0. The minimum absolute atomic E-state index is 0.0161. The van der Waals surface area contributed by atoms with Gasteiger partial charge in [-0.05, 0) is 28.3 Å². The summed E-state index contributed by atoms with van der Waals surface area (Å²) in [6.45, 7) is 0.552. The number of halogens is 2. The number of ether oxygens (including phenoxy) is 1. The van der Waals surface area contributed by atoms with Crippen molar-refractivity contribution in [2.45, 2.75) is 12.3 Å². The number of hydrogen-bond donors (Lipinski definition) is 1. The highest BCUT2D eigenvalue weighted by molar-refractivity contribution is 6.29. The number of pyridine rings is 1. The molecule has 1 aliphatic carbocycles. The third-order valence-corrected chi connectivity index (χ3v) is 5.11. The van der Waals surface area contributed by atoms with E-state index >= 15 is 0 Å². The predicted octanol–water partition coefficient (Wildman–Crippen LogP) is 5.15. The van der Waals surface area contributed by atoms with Crippen LogP contribution in [-0.2, 0) is 4.74 Å². The lowest BCUT2D eigenvalue weighted by atomic mass is 9.98. The number of benzene rings is 2. The molecule has 1 amide bonds. The van der Waals surface area contributed by atoms with E-state index in [1.165, 1.54) is 17.2 Å². The molecular formula is C24H18ClFN2O2. The Labute approximate surface area is 179 Å². The van der Waals surface area contributed by atoms with Gasteiger partial charge in [-0.25, -0.2) is 14.2 Å². The van der Waals surface area contributed by atoms with E-state index in [-0.39, 0.29) is 23.2 Å². The van der Waals surface area contributed by atoms with Gasteiger partial charge in [-0.3, -0.25) is 0 Å². The fourth-order valence-corrected chi connectivity index (χ4v) is 3.70. The number of nitrogens with one attached hydrogen (secondary N) is 1. The maximum atomic E-state index is 13.6. The monoisotopic (exact) mass is 420 g/mol. The summed E-state index contributed by atoms with van der Waals surface area (Å²) in [5.41, 5.74) is 4.86. The first-order chi connectivity index (χ1) is 14.6. The maximum absolute atomic E-state index is 13.6. The van der Waals surface area contributed by atoms with E-state index in [2.05, 4.69) is 46.4 Å². The van der Waals surface area contributed by atoms with Crippen LogP contribution in [-0.4, -0.2) is 24.2 Å². The first kappa shape index (κ1) is 19.9. The van der Waals surface area contributed by atoms with Crippen LogP contribution in [0.3, 0.4) is 0 Å². The molecular weight excluding hydrogens is 403 g/mol. The van der Waals surface area contributed by atoms with Crippen LogP contribution in [0.5, 0.6) is 0 Å². The van der Waals surface area contributed by atoms with Gasteiger partial charge in [0.05, 0.1) is 11.8 Å². The number of amides is 1. The highest BCUT2D eigenvalue weighted by atomic mass is 35.5. The van der Waals surface area contributed by atoms with Gasteiger partial charge in [-0.2, -0.15) is 0 Å². The van der Waals surface area contributed by atoms with Crippen LogP contribution in [0.1, 0.15) is 29.0 Å². The van der Waals surface area contributed by atoms with E-state index in [1.807, 2.05) is 24.3 Å². The van der Waals surface area contributed by atoms with Gasteiger partial charge in [-0.15, -0.1) is 0 Å². The molecule has 4 rings (SSSR count). The Balaban J connectivity index is 1.30. The summed E-state index contributed by atoms with van der Waals surface area (Å²) in [4.78, 5) is 15.7. The highest BCUT2D eigenvalue weighted by Gasteiger charge is 2.28. The highest BCUT2D eigenvalue weighted by Crippen LogP contribution is 2.44. The van der Waals surface area contributed by atoms with Crippen molar-refractivity contribution in [2.24, 2.45) is 0 Å². The van der Waals surface area contributed by atoms with Crippen molar-refractivity contribution in [3.63, 3.8) is 0 Å². The van der Waals surface area contributed by atoms with Crippen LogP contribution in [0, 0.1) is 17.7 Å². The van der Waals surface area contributed by atoms with Crippen molar-refractivity contribution in [3.8, 4) is 23.0 Å². The van der Waals surface area contributed by atoms with Crippen molar-refractivity contribution in [1.82, 2.24) is 10.3 Å².